The minimum Gasteiger partial charge on any atom is -0.481 e. The molecule has 0 saturated carbocycles. The van der Waals surface area contributed by atoms with Crippen LogP contribution in [-0.2, 0) is 10.2 Å². The normalized spacial score (nSPS) is 16.0. The van der Waals surface area contributed by atoms with Crippen LogP contribution in [0.1, 0.15) is 28.3 Å². The lowest BCUT2D eigenvalue weighted by molar-refractivity contribution is -0.152. The molecule has 1 heterocycles. The lowest BCUT2D eigenvalue weighted by Crippen LogP contribution is -2.64. The summed E-state index contributed by atoms with van der Waals surface area (Å²) in [5.74, 6) is -0.765. The zero-order valence-corrected chi connectivity index (χ0v) is 17.3. The molecule has 0 unspecified atom stereocenters. The van der Waals surface area contributed by atoms with E-state index in [-0.39, 0.29) is 6.04 Å². The maximum absolute atomic E-state index is 12.4. The van der Waals surface area contributed by atoms with Crippen molar-refractivity contribution >= 4 is 21.9 Å². The first-order valence-electron chi connectivity index (χ1n) is 9.36. The van der Waals surface area contributed by atoms with Crippen molar-refractivity contribution in [3.05, 3.63) is 106 Å². The van der Waals surface area contributed by atoms with Crippen molar-refractivity contribution in [1.29, 1.82) is 0 Å². The Balaban J connectivity index is 1.73. The van der Waals surface area contributed by atoms with Crippen LogP contribution in [0.5, 0.6) is 0 Å². The number of halogens is 1. The van der Waals surface area contributed by atoms with Gasteiger partial charge in [0.15, 0.2) is 0 Å². The number of hydrogen-bond acceptors (Lipinski definition) is 2. The van der Waals surface area contributed by atoms with Gasteiger partial charge in [-0.15, -0.1) is 0 Å². The summed E-state index contributed by atoms with van der Waals surface area (Å²) in [5, 5.41) is 10.2. The van der Waals surface area contributed by atoms with Gasteiger partial charge in [-0.25, -0.2) is 0 Å². The first-order valence-corrected chi connectivity index (χ1v) is 10.2. The predicted octanol–water partition coefficient (Wildman–Crippen LogP) is 5.19. The van der Waals surface area contributed by atoms with Crippen molar-refractivity contribution in [2.45, 2.75) is 18.4 Å². The minimum absolute atomic E-state index is 0.0395. The molecule has 0 aliphatic carbocycles. The highest BCUT2D eigenvalue weighted by atomic mass is 79.9. The van der Waals surface area contributed by atoms with Gasteiger partial charge in [-0.1, -0.05) is 88.7 Å². The summed E-state index contributed by atoms with van der Waals surface area (Å²) in [4.78, 5) is 14.7. The third-order valence-electron chi connectivity index (χ3n) is 5.65. The summed E-state index contributed by atoms with van der Waals surface area (Å²) in [6.45, 7) is 2.93. The van der Waals surface area contributed by atoms with E-state index in [0.717, 1.165) is 15.6 Å². The molecule has 1 N–H and O–H groups in total. The molecule has 1 fully saturated rings. The molecular formula is C24H22BrNO2. The van der Waals surface area contributed by atoms with Crippen molar-refractivity contribution in [1.82, 2.24) is 4.90 Å². The van der Waals surface area contributed by atoms with Crippen LogP contribution in [0.4, 0.5) is 0 Å². The summed E-state index contributed by atoms with van der Waals surface area (Å²) in [6, 6.07) is 26.5. The number of nitrogens with zero attached hydrogens (tertiary/aromatic N) is 1. The lowest BCUT2D eigenvalue weighted by Gasteiger charge is -2.52. The number of carbonyl (C=O) groups is 1. The predicted molar refractivity (Wildman–Crippen MR) is 114 cm³/mol. The summed E-state index contributed by atoms with van der Waals surface area (Å²) >= 11 is 3.59. The maximum atomic E-state index is 12.4. The van der Waals surface area contributed by atoms with Gasteiger partial charge in [-0.3, -0.25) is 9.69 Å². The molecule has 0 spiro atoms. The fraction of sp³-hybridized carbons (Fsp3) is 0.208. The molecule has 0 bridgehead atoms. The Morgan fingerprint density at radius 1 is 0.929 bits per heavy atom. The molecule has 0 amide bonds. The smallest absolute Gasteiger partial charge is 0.316 e. The minimum atomic E-state index is -0.897. The second-order valence-electron chi connectivity index (χ2n) is 7.45. The summed E-state index contributed by atoms with van der Waals surface area (Å²) in [5.41, 5.74) is 3.35. The number of hydrogen-bond donors (Lipinski definition) is 1. The van der Waals surface area contributed by atoms with Gasteiger partial charge in [-0.05, 0) is 35.2 Å². The molecule has 28 heavy (non-hydrogen) atoms. The van der Waals surface area contributed by atoms with Gasteiger partial charge in [-0.2, -0.15) is 0 Å². The van der Waals surface area contributed by atoms with Gasteiger partial charge in [0.2, 0.25) is 0 Å². The van der Waals surface area contributed by atoms with Crippen molar-refractivity contribution in [2.24, 2.45) is 0 Å². The summed E-state index contributed by atoms with van der Waals surface area (Å²) in [6.07, 6.45) is 0. The molecule has 1 aliphatic heterocycles. The van der Waals surface area contributed by atoms with E-state index in [9.17, 15) is 9.90 Å². The molecule has 3 aromatic carbocycles. The van der Waals surface area contributed by atoms with Crippen LogP contribution in [0.3, 0.4) is 0 Å². The van der Waals surface area contributed by atoms with Crippen molar-refractivity contribution in [3.63, 3.8) is 0 Å². The number of carboxylic acid groups (broad SMARTS) is 1. The van der Waals surface area contributed by atoms with E-state index in [0.29, 0.717) is 13.1 Å². The molecule has 4 rings (SSSR count). The van der Waals surface area contributed by atoms with Gasteiger partial charge < -0.3 is 5.11 Å². The van der Waals surface area contributed by atoms with E-state index < -0.39 is 11.4 Å². The Hall–Kier alpha value is -2.43. The first kappa shape index (κ1) is 18.9. The standard InChI is InChI=1S/C24H22BrNO2/c1-17-9-8-14-20(25)21(17)24(23(27)28)15-26(16-24)22(18-10-4-2-5-11-18)19-12-6-3-7-13-19/h2-14,22H,15-16H2,1H3,(H,27,28). The van der Waals surface area contributed by atoms with Crippen LogP contribution in [0.25, 0.3) is 0 Å². The van der Waals surface area contributed by atoms with Crippen LogP contribution in [0.15, 0.2) is 83.3 Å². The number of carboxylic acids is 1. The Morgan fingerprint density at radius 3 is 1.93 bits per heavy atom. The molecular weight excluding hydrogens is 414 g/mol. The van der Waals surface area contributed by atoms with Crippen LogP contribution in [0, 0.1) is 6.92 Å². The van der Waals surface area contributed by atoms with E-state index in [2.05, 4.69) is 45.1 Å². The average Bonchev–Trinajstić information content (AvgIpc) is 2.66. The van der Waals surface area contributed by atoms with Gasteiger partial charge >= 0.3 is 5.97 Å². The fourth-order valence-electron chi connectivity index (χ4n) is 4.35. The van der Waals surface area contributed by atoms with Crippen LogP contribution in [0.2, 0.25) is 0 Å². The molecule has 0 aromatic heterocycles. The Bertz CT molecular complexity index is 922. The molecule has 3 nitrogen and oxygen atoms in total. The van der Waals surface area contributed by atoms with Gasteiger partial charge in [0, 0.05) is 17.6 Å². The lowest BCUT2D eigenvalue weighted by atomic mass is 9.70. The zero-order valence-electron chi connectivity index (χ0n) is 15.7. The van der Waals surface area contributed by atoms with Crippen LogP contribution < -0.4 is 0 Å². The molecule has 1 saturated heterocycles. The molecule has 0 radical (unpaired) electrons. The second kappa shape index (κ2) is 7.53. The van der Waals surface area contributed by atoms with Crippen LogP contribution >= 0.6 is 15.9 Å². The highest BCUT2D eigenvalue weighted by Crippen LogP contribution is 2.45. The number of rotatable bonds is 5. The van der Waals surface area contributed by atoms with E-state index in [1.54, 1.807) is 0 Å². The number of aliphatic carboxylic acids is 1. The maximum Gasteiger partial charge on any atom is 0.316 e. The Morgan fingerprint density at radius 2 is 1.46 bits per heavy atom. The SMILES string of the molecule is Cc1cccc(Br)c1C1(C(=O)O)CN(C(c2ccccc2)c2ccccc2)C1. The number of aryl methyl sites for hydroxylation is 1. The average molecular weight is 436 g/mol. The van der Waals surface area contributed by atoms with Crippen molar-refractivity contribution in [3.8, 4) is 0 Å². The van der Waals surface area contributed by atoms with E-state index in [1.165, 1.54) is 11.1 Å². The fourth-order valence-corrected chi connectivity index (χ4v) is 5.20. The molecule has 3 aromatic rings. The van der Waals surface area contributed by atoms with Gasteiger partial charge in [0.25, 0.3) is 0 Å². The first-order chi connectivity index (χ1) is 13.5. The molecule has 1 aliphatic rings. The van der Waals surface area contributed by atoms with Gasteiger partial charge in [0.1, 0.15) is 5.41 Å². The Kier molecular flexibility index (Phi) is 5.09. The highest BCUT2D eigenvalue weighted by molar-refractivity contribution is 9.10. The third-order valence-corrected chi connectivity index (χ3v) is 6.31. The summed E-state index contributed by atoms with van der Waals surface area (Å²) in [7, 11) is 0. The largest absolute Gasteiger partial charge is 0.481 e. The molecule has 142 valence electrons. The number of benzene rings is 3. The van der Waals surface area contributed by atoms with Crippen LogP contribution in [-0.4, -0.2) is 29.1 Å². The Labute approximate surface area is 173 Å². The van der Waals surface area contributed by atoms with Gasteiger partial charge in [0.05, 0.1) is 6.04 Å². The molecule has 4 heteroatoms. The highest BCUT2D eigenvalue weighted by Gasteiger charge is 2.54. The third kappa shape index (κ3) is 3.17. The van der Waals surface area contributed by atoms with E-state index >= 15 is 0 Å². The second-order valence-corrected chi connectivity index (χ2v) is 8.30. The monoisotopic (exact) mass is 435 g/mol. The topological polar surface area (TPSA) is 40.5 Å². The van der Waals surface area contributed by atoms with Crippen molar-refractivity contribution in [2.75, 3.05) is 13.1 Å². The van der Waals surface area contributed by atoms with E-state index in [1.807, 2.05) is 61.5 Å². The molecule has 0 atom stereocenters. The van der Waals surface area contributed by atoms with E-state index in [4.69, 9.17) is 0 Å². The quantitative estimate of drug-likeness (QED) is 0.599. The number of likely N-dealkylation sites (tertiary alicyclic amines) is 1. The summed E-state index contributed by atoms with van der Waals surface area (Å²) < 4.78 is 0.866. The zero-order chi connectivity index (χ0) is 19.7. The van der Waals surface area contributed by atoms with Crippen molar-refractivity contribution < 1.29 is 9.90 Å².